The molecule has 0 aliphatic carbocycles. The van der Waals surface area contributed by atoms with Crippen molar-refractivity contribution in [2.75, 3.05) is 16.8 Å². The second-order valence-corrected chi connectivity index (χ2v) is 3.73. The summed E-state index contributed by atoms with van der Waals surface area (Å²) in [5, 5.41) is 6.87. The monoisotopic (exact) mass is 222 g/mol. The van der Waals surface area contributed by atoms with E-state index in [-0.39, 0.29) is 12.5 Å². The third kappa shape index (κ3) is 1.04. The van der Waals surface area contributed by atoms with Crippen molar-refractivity contribution in [3.8, 4) is 0 Å². The normalized spacial score (nSPS) is 17.3. The molecule has 1 N–H and O–H groups in total. The Kier molecular flexibility index (Phi) is 1.50. The van der Waals surface area contributed by atoms with Gasteiger partial charge in [0.15, 0.2) is 0 Å². The first-order chi connectivity index (χ1) is 7.16. The van der Waals surface area contributed by atoms with Gasteiger partial charge < -0.3 is 5.32 Å². The van der Waals surface area contributed by atoms with Crippen LogP contribution in [0.4, 0.5) is 21.9 Å². The molecule has 3 rings (SSSR count). The molecule has 0 atom stereocenters. The topological polar surface area (TPSA) is 63.5 Å². The van der Waals surface area contributed by atoms with Crippen LogP contribution >= 0.6 is 11.6 Å². The second kappa shape index (κ2) is 2.64. The first-order valence-corrected chi connectivity index (χ1v) is 4.70. The van der Waals surface area contributed by atoms with Gasteiger partial charge in [-0.1, -0.05) is 11.6 Å². The van der Waals surface area contributed by atoms with Gasteiger partial charge in [0, 0.05) is 0 Å². The molecule has 1 radical (unpaired) electrons. The minimum absolute atomic E-state index is 0.00265. The number of hydrogen-bond donors (Lipinski definition) is 1. The quantitative estimate of drug-likeness (QED) is 0.723. The average molecular weight is 223 g/mol. The summed E-state index contributed by atoms with van der Waals surface area (Å²) in [4.78, 5) is 24.1. The van der Waals surface area contributed by atoms with E-state index in [1.165, 1.54) is 4.90 Å². The van der Waals surface area contributed by atoms with Gasteiger partial charge in [-0.25, -0.2) is 4.79 Å². The highest BCUT2D eigenvalue weighted by atomic mass is 35.5. The molecule has 6 heteroatoms. The molecule has 5 nitrogen and oxygen atoms in total. The van der Waals surface area contributed by atoms with Crippen LogP contribution in [0.15, 0.2) is 12.1 Å². The molecule has 0 fully saturated rings. The molecular weight excluding hydrogens is 218 g/mol. The molecule has 1 aromatic carbocycles. The maximum atomic E-state index is 11.4. The Morgan fingerprint density at radius 2 is 2.20 bits per heavy atom. The van der Waals surface area contributed by atoms with Gasteiger partial charge in [-0.05, 0) is 12.1 Å². The van der Waals surface area contributed by atoms with Crippen molar-refractivity contribution >= 4 is 40.6 Å². The Labute approximate surface area is 90.0 Å². The summed E-state index contributed by atoms with van der Waals surface area (Å²) in [5.41, 5.74) is 1.63. The summed E-state index contributed by atoms with van der Waals surface area (Å²) in [6.45, 7) is 0.00265. The summed E-state index contributed by atoms with van der Waals surface area (Å²) >= 11 is 5.93. The molecule has 0 saturated heterocycles. The highest BCUT2D eigenvalue weighted by Crippen LogP contribution is 2.45. The molecule has 75 valence electrons. The lowest BCUT2D eigenvalue weighted by Gasteiger charge is -2.24. The van der Waals surface area contributed by atoms with E-state index in [9.17, 15) is 9.59 Å². The largest absolute Gasteiger partial charge is 0.349 e. The number of carbonyl (C=O) groups excluding carboxylic acids is 2. The Morgan fingerprint density at radius 1 is 1.40 bits per heavy atom. The van der Waals surface area contributed by atoms with Crippen LogP contribution in [-0.2, 0) is 4.79 Å². The average Bonchev–Trinajstić information content (AvgIpc) is 2.51. The number of halogens is 1. The van der Waals surface area contributed by atoms with Crippen LogP contribution in [0.1, 0.15) is 0 Å². The first kappa shape index (κ1) is 8.55. The van der Waals surface area contributed by atoms with Gasteiger partial charge in [-0.3, -0.25) is 9.69 Å². The van der Waals surface area contributed by atoms with Crippen LogP contribution in [0.3, 0.4) is 0 Å². The molecular formula is C9H5ClN3O2. The number of rotatable bonds is 0. The van der Waals surface area contributed by atoms with Crippen LogP contribution in [0.25, 0.3) is 0 Å². The Hall–Kier alpha value is -1.75. The van der Waals surface area contributed by atoms with Crippen molar-refractivity contribution in [1.29, 1.82) is 0 Å². The third-order valence-corrected chi connectivity index (χ3v) is 2.70. The number of amides is 3. The van der Waals surface area contributed by atoms with E-state index in [4.69, 9.17) is 11.6 Å². The minimum atomic E-state index is -0.414. The van der Waals surface area contributed by atoms with Crippen molar-refractivity contribution < 1.29 is 9.59 Å². The third-order valence-electron chi connectivity index (χ3n) is 2.39. The number of carbonyl (C=O) groups is 2. The predicted octanol–water partition coefficient (Wildman–Crippen LogP) is 1.47. The lowest BCUT2D eigenvalue weighted by atomic mass is 10.2. The SMILES string of the molecule is O=C1CN2C(=O)[N]c3ccc(Cl)c(c32)N1. The van der Waals surface area contributed by atoms with Crippen LogP contribution < -0.4 is 15.5 Å². The summed E-state index contributed by atoms with van der Waals surface area (Å²) < 4.78 is 0. The molecule has 0 bridgehead atoms. The number of urea groups is 1. The zero-order valence-corrected chi connectivity index (χ0v) is 8.21. The number of nitrogens with zero attached hydrogens (tertiary/aromatic N) is 2. The smallest absolute Gasteiger partial charge is 0.321 e. The molecule has 2 aliphatic heterocycles. The zero-order chi connectivity index (χ0) is 10.6. The highest BCUT2D eigenvalue weighted by Gasteiger charge is 2.37. The number of nitrogens with one attached hydrogen (secondary N) is 1. The molecule has 0 saturated carbocycles. The van der Waals surface area contributed by atoms with Gasteiger partial charge >= 0.3 is 6.03 Å². The van der Waals surface area contributed by atoms with E-state index in [1.54, 1.807) is 12.1 Å². The molecule has 0 spiro atoms. The van der Waals surface area contributed by atoms with E-state index < -0.39 is 6.03 Å². The summed E-state index contributed by atoms with van der Waals surface area (Å²) in [5.74, 6) is -0.257. The maximum absolute atomic E-state index is 11.4. The zero-order valence-electron chi connectivity index (χ0n) is 7.45. The van der Waals surface area contributed by atoms with E-state index in [1.807, 2.05) is 0 Å². The second-order valence-electron chi connectivity index (χ2n) is 3.32. The van der Waals surface area contributed by atoms with Crippen molar-refractivity contribution in [3.05, 3.63) is 17.2 Å². The van der Waals surface area contributed by atoms with E-state index in [2.05, 4.69) is 10.6 Å². The fraction of sp³-hybridized carbons (Fsp3) is 0.111. The Morgan fingerprint density at radius 3 is 3.00 bits per heavy atom. The van der Waals surface area contributed by atoms with Gasteiger partial charge in [0.05, 0.1) is 22.1 Å². The lowest BCUT2D eigenvalue weighted by molar-refractivity contribution is -0.115. The van der Waals surface area contributed by atoms with Crippen LogP contribution in [-0.4, -0.2) is 18.5 Å². The molecule has 2 aliphatic rings. The van der Waals surface area contributed by atoms with Gasteiger partial charge in [0.1, 0.15) is 6.54 Å². The minimum Gasteiger partial charge on any atom is -0.321 e. The van der Waals surface area contributed by atoms with Gasteiger partial charge in [-0.15, -0.1) is 0 Å². The predicted molar refractivity (Wildman–Crippen MR) is 54.6 cm³/mol. The van der Waals surface area contributed by atoms with Crippen molar-refractivity contribution in [3.63, 3.8) is 0 Å². The number of benzene rings is 1. The fourth-order valence-electron chi connectivity index (χ4n) is 1.77. The Balaban J connectivity index is 2.29. The summed E-state index contributed by atoms with van der Waals surface area (Å²) in [6, 6.07) is 2.86. The molecule has 3 amide bonds. The summed E-state index contributed by atoms with van der Waals surface area (Å²) in [6.07, 6.45) is 0. The molecule has 0 aromatic heterocycles. The van der Waals surface area contributed by atoms with E-state index >= 15 is 0 Å². The number of anilines is 2. The molecule has 15 heavy (non-hydrogen) atoms. The van der Waals surface area contributed by atoms with Gasteiger partial charge in [0.25, 0.3) is 0 Å². The standard InChI is InChI=1S/C9H5ClN3O2/c10-4-1-2-5-8-7(4)12-6(14)3-13(8)9(15)11-5/h1-2H,3H2,(H,12,14). The maximum Gasteiger partial charge on any atom is 0.349 e. The highest BCUT2D eigenvalue weighted by molar-refractivity contribution is 6.36. The van der Waals surface area contributed by atoms with Crippen LogP contribution in [0, 0.1) is 0 Å². The van der Waals surface area contributed by atoms with E-state index in [0.29, 0.717) is 22.1 Å². The molecule has 2 heterocycles. The van der Waals surface area contributed by atoms with Gasteiger partial charge in [-0.2, -0.15) is 5.32 Å². The molecule has 0 unspecified atom stereocenters. The lowest BCUT2D eigenvalue weighted by Crippen LogP contribution is -2.39. The Bertz CT molecular complexity index is 500. The molecule has 1 aromatic rings. The van der Waals surface area contributed by atoms with Gasteiger partial charge in [0.2, 0.25) is 5.91 Å². The van der Waals surface area contributed by atoms with Crippen LogP contribution in [0.5, 0.6) is 0 Å². The van der Waals surface area contributed by atoms with Crippen molar-refractivity contribution in [1.82, 2.24) is 5.32 Å². The van der Waals surface area contributed by atoms with Crippen molar-refractivity contribution in [2.24, 2.45) is 0 Å². The first-order valence-electron chi connectivity index (χ1n) is 4.32. The van der Waals surface area contributed by atoms with Crippen molar-refractivity contribution in [2.45, 2.75) is 0 Å². The number of hydrogen-bond acceptors (Lipinski definition) is 2. The summed E-state index contributed by atoms with van der Waals surface area (Å²) in [7, 11) is 0. The van der Waals surface area contributed by atoms with Crippen LogP contribution in [0.2, 0.25) is 5.02 Å². The van der Waals surface area contributed by atoms with E-state index in [0.717, 1.165) is 0 Å². The fourth-order valence-corrected chi connectivity index (χ4v) is 1.97.